The summed E-state index contributed by atoms with van der Waals surface area (Å²) in [6.45, 7) is 8.84. The Morgan fingerprint density at radius 2 is 2.00 bits per heavy atom. The van der Waals surface area contributed by atoms with E-state index in [0.29, 0.717) is 11.8 Å². The SMILES string of the molecule is CC(C)Cc1nc2ncc(Br)cn2c1C(C)C. The summed E-state index contributed by atoms with van der Waals surface area (Å²) in [6, 6.07) is 0. The van der Waals surface area contributed by atoms with Crippen LogP contribution in [-0.4, -0.2) is 14.4 Å². The Morgan fingerprint density at radius 1 is 1.29 bits per heavy atom. The zero-order chi connectivity index (χ0) is 12.6. The first-order valence-electron chi connectivity index (χ1n) is 6.01. The summed E-state index contributed by atoms with van der Waals surface area (Å²) < 4.78 is 3.09. The van der Waals surface area contributed by atoms with Crippen LogP contribution in [0, 0.1) is 5.92 Å². The standard InChI is InChI=1S/C13H18BrN3/c1-8(2)5-11-12(9(3)4)17-7-10(14)6-15-13(17)16-11/h6-9H,5H2,1-4H3. The number of imidazole rings is 1. The third-order valence-electron chi connectivity index (χ3n) is 2.71. The van der Waals surface area contributed by atoms with Gasteiger partial charge in [-0.1, -0.05) is 27.7 Å². The number of hydrogen-bond acceptors (Lipinski definition) is 2. The van der Waals surface area contributed by atoms with Crippen LogP contribution in [0.25, 0.3) is 5.78 Å². The molecule has 0 spiro atoms. The van der Waals surface area contributed by atoms with E-state index in [1.165, 1.54) is 11.4 Å². The summed E-state index contributed by atoms with van der Waals surface area (Å²) in [5.41, 5.74) is 2.46. The Morgan fingerprint density at radius 3 is 2.59 bits per heavy atom. The minimum Gasteiger partial charge on any atom is -0.286 e. The molecule has 2 rings (SSSR count). The first-order valence-corrected chi connectivity index (χ1v) is 6.80. The van der Waals surface area contributed by atoms with E-state index in [2.05, 4.69) is 64.2 Å². The number of fused-ring (bicyclic) bond motifs is 1. The first-order chi connectivity index (χ1) is 7.99. The molecule has 0 fully saturated rings. The highest BCUT2D eigenvalue weighted by molar-refractivity contribution is 9.10. The number of rotatable bonds is 3. The van der Waals surface area contributed by atoms with Gasteiger partial charge in [0.05, 0.1) is 10.2 Å². The first kappa shape index (κ1) is 12.6. The molecule has 0 bridgehead atoms. The Labute approximate surface area is 110 Å². The molecule has 17 heavy (non-hydrogen) atoms. The fourth-order valence-corrected chi connectivity index (χ4v) is 2.43. The van der Waals surface area contributed by atoms with Crippen LogP contribution in [0.3, 0.4) is 0 Å². The van der Waals surface area contributed by atoms with Crippen LogP contribution in [0.1, 0.15) is 45.0 Å². The van der Waals surface area contributed by atoms with Gasteiger partial charge in [0.2, 0.25) is 5.78 Å². The molecule has 0 aliphatic carbocycles. The third-order valence-corrected chi connectivity index (χ3v) is 3.12. The Hall–Kier alpha value is -0.900. The van der Waals surface area contributed by atoms with Crippen molar-refractivity contribution >= 4 is 21.7 Å². The second kappa shape index (κ2) is 4.77. The molecular formula is C13H18BrN3. The lowest BCUT2D eigenvalue weighted by Gasteiger charge is -2.09. The molecule has 3 nitrogen and oxygen atoms in total. The van der Waals surface area contributed by atoms with Gasteiger partial charge in [0.25, 0.3) is 0 Å². The van der Waals surface area contributed by atoms with Crippen molar-refractivity contribution in [1.82, 2.24) is 14.4 Å². The minimum atomic E-state index is 0.454. The fourth-order valence-electron chi connectivity index (χ4n) is 2.12. The molecule has 0 unspecified atom stereocenters. The topological polar surface area (TPSA) is 30.2 Å². The molecule has 0 aromatic carbocycles. The highest BCUT2D eigenvalue weighted by Crippen LogP contribution is 2.24. The van der Waals surface area contributed by atoms with Crippen LogP contribution in [0.4, 0.5) is 0 Å². The van der Waals surface area contributed by atoms with Crippen LogP contribution >= 0.6 is 15.9 Å². The van der Waals surface area contributed by atoms with Gasteiger partial charge >= 0.3 is 0 Å². The summed E-state index contributed by atoms with van der Waals surface area (Å²) in [6.07, 6.45) is 4.86. The van der Waals surface area contributed by atoms with E-state index in [4.69, 9.17) is 0 Å². The van der Waals surface area contributed by atoms with Gasteiger partial charge in [-0.05, 0) is 34.2 Å². The van der Waals surface area contributed by atoms with Gasteiger partial charge in [0, 0.05) is 18.1 Å². The maximum Gasteiger partial charge on any atom is 0.234 e. The van der Waals surface area contributed by atoms with Gasteiger partial charge in [-0.15, -0.1) is 0 Å². The van der Waals surface area contributed by atoms with Crippen molar-refractivity contribution in [2.45, 2.75) is 40.0 Å². The van der Waals surface area contributed by atoms with Gasteiger partial charge in [-0.2, -0.15) is 0 Å². The van der Waals surface area contributed by atoms with E-state index >= 15 is 0 Å². The summed E-state index contributed by atoms with van der Waals surface area (Å²) in [7, 11) is 0. The Kier molecular flexibility index (Phi) is 3.52. The van der Waals surface area contributed by atoms with Crippen LogP contribution in [0.15, 0.2) is 16.9 Å². The Balaban J connectivity index is 2.63. The normalized spacial score (nSPS) is 11.9. The van der Waals surface area contributed by atoms with Gasteiger partial charge < -0.3 is 0 Å². The summed E-state index contributed by atoms with van der Waals surface area (Å²) >= 11 is 3.46. The maximum absolute atomic E-state index is 4.65. The lowest BCUT2D eigenvalue weighted by Crippen LogP contribution is -2.02. The zero-order valence-corrected chi connectivity index (χ0v) is 12.3. The predicted molar refractivity (Wildman–Crippen MR) is 73.3 cm³/mol. The summed E-state index contributed by atoms with van der Waals surface area (Å²) in [5, 5.41) is 0. The van der Waals surface area contributed by atoms with Gasteiger partial charge in [-0.3, -0.25) is 4.40 Å². The lowest BCUT2D eigenvalue weighted by atomic mass is 10.0. The minimum absolute atomic E-state index is 0.454. The van der Waals surface area contributed by atoms with Crippen molar-refractivity contribution in [3.63, 3.8) is 0 Å². The van der Waals surface area contributed by atoms with Crippen molar-refractivity contribution in [2.24, 2.45) is 5.92 Å². The second-order valence-electron chi connectivity index (χ2n) is 5.14. The van der Waals surface area contributed by atoms with Crippen molar-refractivity contribution in [2.75, 3.05) is 0 Å². The second-order valence-corrected chi connectivity index (χ2v) is 6.05. The fraction of sp³-hybridized carbons (Fsp3) is 0.538. The highest BCUT2D eigenvalue weighted by Gasteiger charge is 2.16. The van der Waals surface area contributed by atoms with E-state index in [1.807, 2.05) is 0 Å². The van der Waals surface area contributed by atoms with Crippen molar-refractivity contribution in [3.05, 3.63) is 28.3 Å². The van der Waals surface area contributed by atoms with Gasteiger partial charge in [-0.25, -0.2) is 9.97 Å². The quantitative estimate of drug-likeness (QED) is 0.862. The number of nitrogens with zero attached hydrogens (tertiary/aromatic N) is 3. The summed E-state index contributed by atoms with van der Waals surface area (Å²) in [5.74, 6) is 1.86. The van der Waals surface area contributed by atoms with Crippen molar-refractivity contribution in [1.29, 1.82) is 0 Å². The molecule has 92 valence electrons. The van der Waals surface area contributed by atoms with Gasteiger partial charge in [0.15, 0.2) is 0 Å². The average molecular weight is 296 g/mol. The number of hydrogen-bond donors (Lipinski definition) is 0. The molecule has 2 heterocycles. The molecule has 0 aliphatic heterocycles. The van der Waals surface area contributed by atoms with E-state index in [9.17, 15) is 0 Å². The van der Waals surface area contributed by atoms with Crippen LogP contribution in [-0.2, 0) is 6.42 Å². The zero-order valence-electron chi connectivity index (χ0n) is 10.7. The molecule has 0 amide bonds. The molecule has 0 aliphatic rings. The van der Waals surface area contributed by atoms with Crippen LogP contribution in [0.2, 0.25) is 0 Å². The molecular weight excluding hydrogens is 278 g/mol. The molecule has 0 radical (unpaired) electrons. The van der Waals surface area contributed by atoms with Crippen LogP contribution < -0.4 is 0 Å². The number of halogens is 1. The van der Waals surface area contributed by atoms with Crippen molar-refractivity contribution < 1.29 is 0 Å². The van der Waals surface area contributed by atoms with Crippen LogP contribution in [0.5, 0.6) is 0 Å². The lowest BCUT2D eigenvalue weighted by molar-refractivity contribution is 0.626. The molecule has 0 atom stereocenters. The molecule has 2 aromatic rings. The summed E-state index contributed by atoms with van der Waals surface area (Å²) in [4.78, 5) is 9.00. The van der Waals surface area contributed by atoms with E-state index in [0.717, 1.165) is 16.7 Å². The molecule has 4 heteroatoms. The monoisotopic (exact) mass is 295 g/mol. The van der Waals surface area contributed by atoms with E-state index in [-0.39, 0.29) is 0 Å². The highest BCUT2D eigenvalue weighted by atomic mass is 79.9. The largest absolute Gasteiger partial charge is 0.286 e. The third kappa shape index (κ3) is 2.51. The smallest absolute Gasteiger partial charge is 0.234 e. The average Bonchev–Trinajstić information content (AvgIpc) is 2.53. The maximum atomic E-state index is 4.65. The van der Waals surface area contributed by atoms with E-state index < -0.39 is 0 Å². The van der Waals surface area contributed by atoms with E-state index in [1.54, 1.807) is 6.20 Å². The number of aromatic nitrogens is 3. The molecule has 2 aromatic heterocycles. The molecule has 0 N–H and O–H groups in total. The molecule has 0 saturated heterocycles. The van der Waals surface area contributed by atoms with Gasteiger partial charge in [0.1, 0.15) is 0 Å². The predicted octanol–water partition coefficient (Wildman–Crippen LogP) is 3.81. The van der Waals surface area contributed by atoms with Crippen molar-refractivity contribution in [3.8, 4) is 0 Å². The Bertz CT molecular complexity index is 529. The molecule has 0 saturated carbocycles.